The van der Waals surface area contributed by atoms with E-state index in [1.165, 1.54) is 12.1 Å². The van der Waals surface area contributed by atoms with E-state index in [1.54, 1.807) is 6.07 Å². The molecule has 0 saturated carbocycles. The van der Waals surface area contributed by atoms with Crippen molar-refractivity contribution in [2.24, 2.45) is 0 Å². The molecule has 3 aromatic carbocycles. The van der Waals surface area contributed by atoms with Crippen molar-refractivity contribution in [1.29, 1.82) is 0 Å². The summed E-state index contributed by atoms with van der Waals surface area (Å²) in [5.74, 6) is 0. The lowest BCUT2D eigenvalue weighted by molar-refractivity contribution is -0.137. The van der Waals surface area contributed by atoms with E-state index < -0.39 is 11.7 Å². The molecule has 1 heterocycles. The van der Waals surface area contributed by atoms with Crippen LogP contribution in [-0.2, 0) is 12.7 Å². The Morgan fingerprint density at radius 2 is 1.35 bits per heavy atom. The van der Waals surface area contributed by atoms with E-state index in [1.807, 2.05) is 74.0 Å². The minimum Gasteiger partial charge on any atom is -0.260 e. The highest BCUT2D eigenvalue weighted by Gasteiger charge is 2.30. The minimum absolute atomic E-state index is 0.250. The van der Waals surface area contributed by atoms with E-state index in [0.29, 0.717) is 5.56 Å². The van der Waals surface area contributed by atoms with Crippen LogP contribution < -0.4 is 0 Å². The summed E-state index contributed by atoms with van der Waals surface area (Å²) in [6.07, 6.45) is -4.37. The lowest BCUT2D eigenvalue weighted by Gasteiger charge is -2.12. The van der Waals surface area contributed by atoms with E-state index in [2.05, 4.69) is 0 Å². The predicted molar refractivity (Wildman–Crippen MR) is 118 cm³/mol. The maximum absolute atomic E-state index is 13.2. The Morgan fingerprint density at radius 3 is 1.94 bits per heavy atom. The molecule has 4 rings (SSSR count). The molecule has 5 heteroatoms. The summed E-state index contributed by atoms with van der Waals surface area (Å²) >= 11 is 0. The maximum atomic E-state index is 13.2. The summed E-state index contributed by atoms with van der Waals surface area (Å²) in [4.78, 5) is 0. The first-order valence-electron chi connectivity index (χ1n) is 10.1. The number of alkyl halides is 3. The van der Waals surface area contributed by atoms with Crippen molar-refractivity contribution >= 4 is 0 Å². The van der Waals surface area contributed by atoms with Crippen LogP contribution in [0.5, 0.6) is 0 Å². The number of hydrogen-bond donors (Lipinski definition) is 0. The summed E-state index contributed by atoms with van der Waals surface area (Å²) in [5.41, 5.74) is 6.92. The summed E-state index contributed by atoms with van der Waals surface area (Å²) in [6.45, 7) is 6.31. The smallest absolute Gasteiger partial charge is 0.260 e. The van der Waals surface area contributed by atoms with Gasteiger partial charge in [-0.2, -0.15) is 18.3 Å². The van der Waals surface area contributed by atoms with Gasteiger partial charge in [0.25, 0.3) is 0 Å². The number of aromatic nitrogens is 2. The number of nitrogens with zero attached hydrogens (tertiary/aromatic N) is 2. The molecular weight excluding hydrogens is 397 g/mol. The van der Waals surface area contributed by atoms with Crippen LogP contribution in [0.2, 0.25) is 0 Å². The molecular formula is C26H23F3N2. The van der Waals surface area contributed by atoms with Crippen LogP contribution >= 0.6 is 0 Å². The summed E-state index contributed by atoms with van der Waals surface area (Å²) in [7, 11) is 0. The van der Waals surface area contributed by atoms with E-state index in [4.69, 9.17) is 5.10 Å². The van der Waals surface area contributed by atoms with Crippen molar-refractivity contribution in [3.63, 3.8) is 0 Å². The van der Waals surface area contributed by atoms with E-state index >= 15 is 0 Å². The van der Waals surface area contributed by atoms with Crippen molar-refractivity contribution in [3.8, 4) is 22.5 Å². The molecule has 0 spiro atoms. The van der Waals surface area contributed by atoms with Crippen LogP contribution in [-0.4, -0.2) is 9.78 Å². The van der Waals surface area contributed by atoms with Crippen LogP contribution in [0.1, 0.15) is 27.8 Å². The standard InChI is InChI=1S/C26H23F3N2/c1-17-7-11-21(12-8-17)24-19(3)25(22-13-9-18(2)10-14-22)31(30-24)16-20-5-4-6-23(15-20)26(27,28)29/h4-15H,16H2,1-3H3. The molecule has 0 atom stereocenters. The van der Waals surface area contributed by atoms with Crippen LogP contribution in [0.15, 0.2) is 72.8 Å². The lowest BCUT2D eigenvalue weighted by Crippen LogP contribution is -2.08. The molecule has 0 aliphatic carbocycles. The number of halogens is 3. The Hall–Kier alpha value is -3.34. The first-order chi connectivity index (χ1) is 14.7. The fraction of sp³-hybridized carbons (Fsp3) is 0.192. The second kappa shape index (κ2) is 8.06. The summed E-state index contributed by atoms with van der Waals surface area (Å²) in [6, 6.07) is 21.7. The maximum Gasteiger partial charge on any atom is 0.416 e. The highest BCUT2D eigenvalue weighted by molar-refractivity contribution is 5.74. The summed E-state index contributed by atoms with van der Waals surface area (Å²) in [5, 5.41) is 4.83. The molecule has 0 aliphatic rings. The van der Waals surface area contributed by atoms with Gasteiger partial charge in [0.1, 0.15) is 0 Å². The zero-order valence-corrected chi connectivity index (χ0v) is 17.7. The second-order valence-corrected chi connectivity index (χ2v) is 7.91. The molecule has 0 fully saturated rings. The third-order valence-electron chi connectivity index (χ3n) is 5.43. The molecule has 0 bridgehead atoms. The van der Waals surface area contributed by atoms with Crippen LogP contribution in [0, 0.1) is 20.8 Å². The van der Waals surface area contributed by atoms with Crippen molar-refractivity contribution in [3.05, 3.63) is 101 Å². The van der Waals surface area contributed by atoms with Gasteiger partial charge in [-0.3, -0.25) is 4.68 Å². The molecule has 31 heavy (non-hydrogen) atoms. The first-order valence-corrected chi connectivity index (χ1v) is 10.1. The Kier molecular flexibility index (Phi) is 5.44. The molecule has 2 nitrogen and oxygen atoms in total. The first kappa shape index (κ1) is 20.9. The van der Waals surface area contributed by atoms with Gasteiger partial charge in [-0.1, -0.05) is 71.8 Å². The van der Waals surface area contributed by atoms with Crippen molar-refractivity contribution < 1.29 is 13.2 Å². The van der Waals surface area contributed by atoms with Crippen molar-refractivity contribution in [1.82, 2.24) is 9.78 Å². The quantitative estimate of drug-likeness (QED) is 0.341. The monoisotopic (exact) mass is 420 g/mol. The van der Waals surface area contributed by atoms with Gasteiger partial charge in [0.15, 0.2) is 0 Å². The normalized spacial score (nSPS) is 11.7. The Morgan fingerprint density at radius 1 is 0.774 bits per heavy atom. The molecule has 0 aliphatic heterocycles. The van der Waals surface area contributed by atoms with Gasteiger partial charge in [0.2, 0.25) is 0 Å². The topological polar surface area (TPSA) is 17.8 Å². The number of rotatable bonds is 4. The largest absolute Gasteiger partial charge is 0.416 e. The molecule has 158 valence electrons. The molecule has 0 saturated heterocycles. The van der Waals surface area contributed by atoms with E-state index in [9.17, 15) is 13.2 Å². The SMILES string of the molecule is Cc1ccc(-c2nn(Cc3cccc(C(F)(F)F)c3)c(-c3ccc(C)cc3)c2C)cc1. The number of hydrogen-bond acceptors (Lipinski definition) is 1. The Labute approximate surface area is 180 Å². The van der Waals surface area contributed by atoms with Crippen LogP contribution in [0.3, 0.4) is 0 Å². The third-order valence-corrected chi connectivity index (χ3v) is 5.43. The van der Waals surface area contributed by atoms with E-state index in [0.717, 1.165) is 45.3 Å². The Bertz CT molecular complexity index is 1200. The van der Waals surface area contributed by atoms with Gasteiger partial charge in [0, 0.05) is 16.7 Å². The average molecular weight is 420 g/mol. The zero-order chi connectivity index (χ0) is 22.2. The van der Waals surface area contributed by atoms with Crippen molar-refractivity contribution in [2.75, 3.05) is 0 Å². The fourth-order valence-corrected chi connectivity index (χ4v) is 3.75. The fourth-order valence-electron chi connectivity index (χ4n) is 3.75. The van der Waals surface area contributed by atoms with Gasteiger partial charge in [-0.05, 0) is 38.5 Å². The third kappa shape index (κ3) is 4.41. The average Bonchev–Trinajstić information content (AvgIpc) is 3.05. The van der Waals surface area contributed by atoms with Gasteiger partial charge in [-0.25, -0.2) is 0 Å². The minimum atomic E-state index is -4.37. The van der Waals surface area contributed by atoms with E-state index in [-0.39, 0.29) is 6.54 Å². The number of benzene rings is 3. The summed E-state index contributed by atoms with van der Waals surface area (Å²) < 4.78 is 41.4. The molecule has 0 amide bonds. The van der Waals surface area contributed by atoms with Gasteiger partial charge in [0.05, 0.1) is 23.5 Å². The van der Waals surface area contributed by atoms with Gasteiger partial charge < -0.3 is 0 Å². The molecule has 4 aromatic rings. The molecule has 0 radical (unpaired) electrons. The lowest BCUT2D eigenvalue weighted by atomic mass is 10.0. The van der Waals surface area contributed by atoms with Gasteiger partial charge >= 0.3 is 6.18 Å². The Balaban J connectivity index is 1.83. The predicted octanol–water partition coefficient (Wildman–Crippen LogP) is 7.21. The number of aryl methyl sites for hydroxylation is 2. The molecule has 0 unspecified atom stereocenters. The van der Waals surface area contributed by atoms with Crippen LogP contribution in [0.4, 0.5) is 13.2 Å². The van der Waals surface area contributed by atoms with Gasteiger partial charge in [-0.15, -0.1) is 0 Å². The molecule has 1 aromatic heterocycles. The van der Waals surface area contributed by atoms with Crippen molar-refractivity contribution in [2.45, 2.75) is 33.5 Å². The highest BCUT2D eigenvalue weighted by Crippen LogP contribution is 2.34. The zero-order valence-electron chi connectivity index (χ0n) is 17.7. The van der Waals surface area contributed by atoms with Crippen LogP contribution in [0.25, 0.3) is 22.5 Å². The second-order valence-electron chi connectivity index (χ2n) is 7.91. The molecule has 0 N–H and O–H groups in total. The highest BCUT2D eigenvalue weighted by atomic mass is 19.4.